The van der Waals surface area contributed by atoms with Gasteiger partial charge in [-0.1, -0.05) is 6.07 Å². The van der Waals surface area contributed by atoms with Gasteiger partial charge in [0.2, 0.25) is 12.7 Å². The number of fused-ring (bicyclic) bond motifs is 1. The summed E-state index contributed by atoms with van der Waals surface area (Å²) in [5.41, 5.74) is 1.21. The average molecular weight is 391 g/mol. The van der Waals surface area contributed by atoms with Crippen molar-refractivity contribution in [1.82, 2.24) is 20.0 Å². The Hall–Kier alpha value is -1.83. The van der Waals surface area contributed by atoms with Crippen molar-refractivity contribution >= 4 is 5.91 Å². The SMILES string of the molecule is CC(Cc1ccc2c(c1)OCO2)N(C)C(C)NC(=O)CCN1CCN(C)CC1. The maximum Gasteiger partial charge on any atom is 0.231 e. The highest BCUT2D eigenvalue weighted by Gasteiger charge is 2.20. The van der Waals surface area contributed by atoms with Gasteiger partial charge in [0.05, 0.1) is 6.17 Å². The lowest BCUT2D eigenvalue weighted by molar-refractivity contribution is -0.123. The van der Waals surface area contributed by atoms with Crippen molar-refractivity contribution in [3.63, 3.8) is 0 Å². The first kappa shape index (κ1) is 20.9. The Kier molecular flexibility index (Phi) is 7.15. The summed E-state index contributed by atoms with van der Waals surface area (Å²) in [7, 11) is 4.20. The predicted molar refractivity (Wildman–Crippen MR) is 110 cm³/mol. The van der Waals surface area contributed by atoms with Crippen LogP contribution in [-0.2, 0) is 11.2 Å². The van der Waals surface area contributed by atoms with Crippen molar-refractivity contribution in [3.05, 3.63) is 23.8 Å². The fourth-order valence-electron chi connectivity index (χ4n) is 3.67. The van der Waals surface area contributed by atoms with Gasteiger partial charge in [-0.05, 0) is 52.1 Å². The Morgan fingerprint density at radius 1 is 1.18 bits per heavy atom. The summed E-state index contributed by atoms with van der Waals surface area (Å²) in [4.78, 5) is 19.3. The first-order valence-electron chi connectivity index (χ1n) is 10.2. The third kappa shape index (κ3) is 5.59. The second-order valence-corrected chi connectivity index (χ2v) is 8.04. The molecule has 156 valence electrons. The third-order valence-corrected chi connectivity index (χ3v) is 5.90. The minimum absolute atomic E-state index is 0.0102. The quantitative estimate of drug-likeness (QED) is 0.677. The second-order valence-electron chi connectivity index (χ2n) is 8.04. The molecule has 2 atom stereocenters. The lowest BCUT2D eigenvalue weighted by Crippen LogP contribution is -2.49. The summed E-state index contributed by atoms with van der Waals surface area (Å²) in [5, 5.41) is 3.14. The van der Waals surface area contributed by atoms with Crippen molar-refractivity contribution in [2.45, 2.75) is 38.9 Å². The summed E-state index contributed by atoms with van der Waals surface area (Å²) >= 11 is 0. The van der Waals surface area contributed by atoms with Crippen LogP contribution in [0.15, 0.2) is 18.2 Å². The number of benzene rings is 1. The van der Waals surface area contributed by atoms with Crippen molar-refractivity contribution < 1.29 is 14.3 Å². The number of likely N-dealkylation sites (N-methyl/N-ethyl adjacent to an activating group) is 2. The number of hydrogen-bond donors (Lipinski definition) is 1. The fourth-order valence-corrected chi connectivity index (χ4v) is 3.67. The van der Waals surface area contributed by atoms with Gasteiger partial charge in [0.25, 0.3) is 0 Å². The molecule has 1 fully saturated rings. The molecular weight excluding hydrogens is 356 g/mol. The molecule has 1 aromatic rings. The van der Waals surface area contributed by atoms with E-state index in [0.717, 1.165) is 50.6 Å². The van der Waals surface area contributed by atoms with Gasteiger partial charge in [-0.3, -0.25) is 9.69 Å². The van der Waals surface area contributed by atoms with Crippen molar-refractivity contribution in [2.24, 2.45) is 0 Å². The molecule has 1 amide bonds. The van der Waals surface area contributed by atoms with E-state index in [2.05, 4.69) is 47.1 Å². The van der Waals surface area contributed by atoms with Crippen molar-refractivity contribution in [1.29, 1.82) is 0 Å². The largest absolute Gasteiger partial charge is 0.454 e. The van der Waals surface area contributed by atoms with Gasteiger partial charge in [0.15, 0.2) is 11.5 Å². The van der Waals surface area contributed by atoms with Crippen LogP contribution in [0.5, 0.6) is 11.5 Å². The highest BCUT2D eigenvalue weighted by molar-refractivity contribution is 5.76. The van der Waals surface area contributed by atoms with E-state index in [1.165, 1.54) is 5.56 Å². The van der Waals surface area contributed by atoms with Crippen LogP contribution in [-0.4, -0.2) is 86.4 Å². The Morgan fingerprint density at radius 2 is 1.89 bits per heavy atom. The highest BCUT2D eigenvalue weighted by atomic mass is 16.7. The van der Waals surface area contributed by atoms with Crippen molar-refractivity contribution in [2.75, 3.05) is 53.6 Å². The number of nitrogens with zero attached hydrogens (tertiary/aromatic N) is 3. The molecule has 1 N–H and O–H groups in total. The van der Waals surface area contributed by atoms with E-state index >= 15 is 0 Å². The first-order chi connectivity index (χ1) is 13.4. The monoisotopic (exact) mass is 390 g/mol. The van der Waals surface area contributed by atoms with Crippen molar-refractivity contribution in [3.8, 4) is 11.5 Å². The summed E-state index contributed by atoms with van der Waals surface area (Å²) in [6, 6.07) is 6.38. The zero-order valence-electron chi connectivity index (χ0n) is 17.6. The number of piperazine rings is 1. The number of ether oxygens (including phenoxy) is 2. The molecule has 1 saturated heterocycles. The molecule has 0 bridgehead atoms. The molecule has 2 unspecified atom stereocenters. The number of hydrogen-bond acceptors (Lipinski definition) is 6. The van der Waals surface area contributed by atoms with Gasteiger partial charge in [-0.2, -0.15) is 0 Å². The number of carbonyl (C=O) groups excluding carboxylic acids is 1. The van der Waals surface area contributed by atoms with Crippen LogP contribution in [0.3, 0.4) is 0 Å². The Labute approximate surface area is 168 Å². The normalized spacial score (nSPS) is 19.6. The van der Waals surface area contributed by atoms with Gasteiger partial charge < -0.3 is 24.6 Å². The van der Waals surface area contributed by atoms with Gasteiger partial charge >= 0.3 is 0 Å². The Bertz CT molecular complexity index is 661. The molecule has 28 heavy (non-hydrogen) atoms. The lowest BCUT2D eigenvalue weighted by Gasteiger charge is -2.33. The molecular formula is C21H34N4O3. The smallest absolute Gasteiger partial charge is 0.231 e. The van der Waals surface area contributed by atoms with Gasteiger partial charge in [-0.25, -0.2) is 0 Å². The van der Waals surface area contributed by atoms with Crippen LogP contribution < -0.4 is 14.8 Å². The van der Waals surface area contributed by atoms with Crippen LogP contribution >= 0.6 is 0 Å². The van der Waals surface area contributed by atoms with E-state index in [1.54, 1.807) is 0 Å². The van der Waals surface area contributed by atoms with Crippen LogP contribution in [0.1, 0.15) is 25.8 Å². The Morgan fingerprint density at radius 3 is 2.64 bits per heavy atom. The van der Waals surface area contributed by atoms with E-state index in [1.807, 2.05) is 19.1 Å². The zero-order chi connectivity index (χ0) is 20.1. The molecule has 2 heterocycles. The molecule has 0 aromatic heterocycles. The minimum atomic E-state index is -0.0102. The van der Waals surface area contributed by atoms with Gasteiger partial charge in [-0.15, -0.1) is 0 Å². The first-order valence-corrected chi connectivity index (χ1v) is 10.2. The molecule has 7 heteroatoms. The maximum atomic E-state index is 12.4. The third-order valence-electron chi connectivity index (χ3n) is 5.90. The number of nitrogens with one attached hydrogen (secondary N) is 1. The summed E-state index contributed by atoms with van der Waals surface area (Å²) < 4.78 is 10.8. The molecule has 0 saturated carbocycles. The second kappa shape index (κ2) is 9.58. The molecule has 0 aliphatic carbocycles. The van der Waals surface area contributed by atoms with Crippen LogP contribution in [0.2, 0.25) is 0 Å². The van der Waals surface area contributed by atoms with E-state index < -0.39 is 0 Å². The molecule has 2 aliphatic heterocycles. The van der Waals surface area contributed by atoms with Gasteiger partial charge in [0, 0.05) is 45.2 Å². The fraction of sp³-hybridized carbons (Fsp3) is 0.667. The van der Waals surface area contributed by atoms with E-state index in [9.17, 15) is 4.79 Å². The van der Waals surface area contributed by atoms with Gasteiger partial charge in [0.1, 0.15) is 0 Å². The van der Waals surface area contributed by atoms with E-state index in [4.69, 9.17) is 9.47 Å². The topological polar surface area (TPSA) is 57.3 Å². The minimum Gasteiger partial charge on any atom is -0.454 e. The van der Waals surface area contributed by atoms with E-state index in [-0.39, 0.29) is 18.1 Å². The molecule has 7 nitrogen and oxygen atoms in total. The number of rotatable bonds is 8. The molecule has 0 radical (unpaired) electrons. The molecule has 2 aliphatic rings. The summed E-state index contributed by atoms with van der Waals surface area (Å²) in [5.74, 6) is 1.75. The Balaban J connectivity index is 1.41. The highest BCUT2D eigenvalue weighted by Crippen LogP contribution is 2.33. The summed E-state index contributed by atoms with van der Waals surface area (Å²) in [6.45, 7) is 9.61. The van der Waals surface area contributed by atoms with Crippen LogP contribution in [0.4, 0.5) is 0 Å². The molecule has 1 aromatic carbocycles. The van der Waals surface area contributed by atoms with Crippen LogP contribution in [0.25, 0.3) is 0 Å². The van der Waals surface area contributed by atoms with E-state index in [0.29, 0.717) is 13.2 Å². The average Bonchev–Trinajstić information content (AvgIpc) is 3.14. The molecule has 3 rings (SSSR count). The number of amides is 1. The predicted octanol–water partition coefficient (Wildman–Crippen LogP) is 1.38. The van der Waals surface area contributed by atoms with Crippen LogP contribution in [0, 0.1) is 0 Å². The standard InChI is InChI=1S/C21H34N4O3/c1-16(13-18-5-6-19-20(14-18)28-15-27-19)24(4)17(2)22-21(26)7-8-25-11-9-23(3)10-12-25/h5-6,14,16-17H,7-13,15H2,1-4H3,(H,22,26). The molecule has 0 spiro atoms. The summed E-state index contributed by atoms with van der Waals surface area (Å²) in [6.07, 6.45) is 1.43. The lowest BCUT2D eigenvalue weighted by atomic mass is 10.1. The maximum absolute atomic E-state index is 12.4. The zero-order valence-corrected chi connectivity index (χ0v) is 17.6. The number of carbonyl (C=O) groups is 1.